The topological polar surface area (TPSA) is 61.8 Å². The summed E-state index contributed by atoms with van der Waals surface area (Å²) in [5, 5.41) is 0.120. The van der Waals surface area contributed by atoms with Crippen LogP contribution in [0.5, 0.6) is 0 Å². The van der Waals surface area contributed by atoms with Crippen LogP contribution in [0.1, 0.15) is 40.5 Å². The van der Waals surface area contributed by atoms with Crippen LogP contribution < -0.4 is 0 Å². The SMILES string of the molecule is CCOC(=O)C=C1C[C@H]2C(CC(=O)[C@@H]2CO[Si](C)(C)C(C)(C)C)O1. The minimum Gasteiger partial charge on any atom is -0.494 e. The third-order valence-electron chi connectivity index (χ3n) is 5.55. The molecule has 0 aromatic heterocycles. The van der Waals surface area contributed by atoms with Crippen molar-refractivity contribution in [1.29, 1.82) is 0 Å². The molecule has 0 amide bonds. The number of carbonyl (C=O) groups is 2. The van der Waals surface area contributed by atoms with Crippen LogP contribution in [0.3, 0.4) is 0 Å². The van der Waals surface area contributed by atoms with Crippen molar-refractivity contribution in [3.05, 3.63) is 11.8 Å². The highest BCUT2D eigenvalue weighted by atomic mass is 28.4. The molecule has 0 radical (unpaired) electrons. The van der Waals surface area contributed by atoms with Crippen molar-refractivity contribution in [3.63, 3.8) is 0 Å². The Hall–Kier alpha value is -1.14. The van der Waals surface area contributed by atoms with E-state index < -0.39 is 8.32 Å². The maximum Gasteiger partial charge on any atom is 0.334 e. The second-order valence-corrected chi connectivity index (χ2v) is 13.0. The fourth-order valence-corrected chi connectivity index (χ4v) is 4.05. The number of hydrogen-bond acceptors (Lipinski definition) is 5. The van der Waals surface area contributed by atoms with Crippen LogP contribution in [0.25, 0.3) is 0 Å². The van der Waals surface area contributed by atoms with Crippen molar-refractivity contribution in [2.45, 2.75) is 64.8 Å². The highest BCUT2D eigenvalue weighted by molar-refractivity contribution is 6.74. The van der Waals surface area contributed by atoms with Gasteiger partial charge in [0.25, 0.3) is 0 Å². The average molecular weight is 355 g/mol. The highest BCUT2D eigenvalue weighted by Gasteiger charge is 2.49. The molecular formula is C18H30O5Si. The Balaban J connectivity index is 2.00. The minimum atomic E-state index is -1.88. The molecule has 3 atom stereocenters. The quantitative estimate of drug-likeness (QED) is 0.430. The predicted octanol–water partition coefficient (Wildman–Crippen LogP) is 3.45. The monoisotopic (exact) mass is 354 g/mol. The zero-order chi connectivity index (χ0) is 18.1. The first-order valence-corrected chi connectivity index (χ1v) is 11.7. The number of esters is 1. The molecule has 1 saturated carbocycles. The fraction of sp³-hybridized carbons (Fsp3) is 0.778. The van der Waals surface area contributed by atoms with Crippen LogP contribution in [-0.2, 0) is 23.5 Å². The molecule has 6 heteroatoms. The Bertz CT molecular complexity index is 532. The first-order valence-electron chi connectivity index (χ1n) is 8.76. The smallest absolute Gasteiger partial charge is 0.334 e. The Kier molecular flexibility index (Phi) is 5.60. The van der Waals surface area contributed by atoms with Gasteiger partial charge in [-0.15, -0.1) is 0 Å². The first-order chi connectivity index (χ1) is 11.0. The number of fused-ring (bicyclic) bond motifs is 1. The van der Waals surface area contributed by atoms with Gasteiger partial charge in [0, 0.05) is 31.3 Å². The summed E-state index contributed by atoms with van der Waals surface area (Å²) in [6, 6.07) is 0. The molecule has 0 aromatic carbocycles. The van der Waals surface area contributed by atoms with Crippen molar-refractivity contribution < 1.29 is 23.5 Å². The maximum atomic E-state index is 12.3. The number of Topliss-reactive ketones (excluding diaryl/α,β-unsaturated/α-hetero) is 1. The van der Waals surface area contributed by atoms with Gasteiger partial charge in [0.15, 0.2) is 8.32 Å². The van der Waals surface area contributed by atoms with Gasteiger partial charge >= 0.3 is 5.97 Å². The molecule has 2 aliphatic rings. The molecule has 0 bridgehead atoms. The van der Waals surface area contributed by atoms with Gasteiger partial charge in [-0.25, -0.2) is 4.79 Å². The van der Waals surface area contributed by atoms with E-state index in [0.29, 0.717) is 31.8 Å². The predicted molar refractivity (Wildman–Crippen MR) is 94.0 cm³/mol. The van der Waals surface area contributed by atoms with E-state index in [1.807, 2.05) is 0 Å². The number of ketones is 1. The van der Waals surface area contributed by atoms with E-state index in [9.17, 15) is 9.59 Å². The van der Waals surface area contributed by atoms with Crippen LogP contribution in [0, 0.1) is 11.8 Å². The third-order valence-corrected chi connectivity index (χ3v) is 10.0. The number of hydrogen-bond donors (Lipinski definition) is 0. The molecule has 2 rings (SSSR count). The van der Waals surface area contributed by atoms with E-state index in [2.05, 4.69) is 33.9 Å². The van der Waals surface area contributed by atoms with Crippen LogP contribution in [0.2, 0.25) is 18.1 Å². The molecule has 1 heterocycles. The molecule has 24 heavy (non-hydrogen) atoms. The highest BCUT2D eigenvalue weighted by Crippen LogP contribution is 2.44. The normalized spacial score (nSPS) is 28.8. The van der Waals surface area contributed by atoms with E-state index >= 15 is 0 Å². The number of ether oxygens (including phenoxy) is 2. The molecule has 0 spiro atoms. The van der Waals surface area contributed by atoms with Gasteiger partial charge in [-0.2, -0.15) is 0 Å². The van der Waals surface area contributed by atoms with Gasteiger partial charge in [0.2, 0.25) is 0 Å². The van der Waals surface area contributed by atoms with Crippen LogP contribution >= 0.6 is 0 Å². The molecule has 2 fully saturated rings. The lowest BCUT2D eigenvalue weighted by Crippen LogP contribution is -2.42. The van der Waals surface area contributed by atoms with Crippen molar-refractivity contribution in [2.75, 3.05) is 13.2 Å². The molecule has 1 unspecified atom stereocenters. The van der Waals surface area contributed by atoms with E-state index in [1.165, 1.54) is 6.08 Å². The van der Waals surface area contributed by atoms with Crippen LogP contribution in [0.15, 0.2) is 11.8 Å². The summed E-state index contributed by atoms with van der Waals surface area (Å²) in [7, 11) is -1.88. The number of carbonyl (C=O) groups excluding carboxylic acids is 2. The van der Waals surface area contributed by atoms with Crippen molar-refractivity contribution in [2.24, 2.45) is 11.8 Å². The van der Waals surface area contributed by atoms with Crippen molar-refractivity contribution in [1.82, 2.24) is 0 Å². The molecule has 1 saturated heterocycles. The molecule has 0 N–H and O–H groups in total. The largest absolute Gasteiger partial charge is 0.494 e. The first kappa shape index (κ1) is 19.2. The third kappa shape index (κ3) is 4.09. The second kappa shape index (κ2) is 7.00. The Morgan fingerprint density at radius 3 is 2.58 bits per heavy atom. The molecule has 136 valence electrons. The lowest BCUT2D eigenvalue weighted by Gasteiger charge is -2.37. The summed E-state index contributed by atoms with van der Waals surface area (Å²) in [4.78, 5) is 23.9. The van der Waals surface area contributed by atoms with Crippen LogP contribution in [-0.4, -0.2) is 39.4 Å². The van der Waals surface area contributed by atoms with Gasteiger partial charge in [-0.1, -0.05) is 20.8 Å². The summed E-state index contributed by atoms with van der Waals surface area (Å²) < 4.78 is 17.0. The van der Waals surface area contributed by atoms with Gasteiger partial charge in [-0.05, 0) is 25.1 Å². The molecule has 5 nitrogen and oxygen atoms in total. The van der Waals surface area contributed by atoms with Gasteiger partial charge in [-0.3, -0.25) is 4.79 Å². The summed E-state index contributed by atoms with van der Waals surface area (Å²) in [5.74, 6) is 0.459. The molecule has 1 aliphatic carbocycles. The minimum absolute atomic E-state index is 0.114. The average Bonchev–Trinajstić information content (AvgIpc) is 2.92. The zero-order valence-corrected chi connectivity index (χ0v) is 16.7. The summed E-state index contributed by atoms with van der Waals surface area (Å²) in [6.07, 6.45) is 2.32. The van der Waals surface area contributed by atoms with E-state index in [0.717, 1.165) is 0 Å². The molecule has 1 aliphatic heterocycles. The number of allylic oxidation sites excluding steroid dienone is 1. The lowest BCUT2D eigenvalue weighted by atomic mass is 9.93. The fourth-order valence-electron chi connectivity index (χ4n) is 3.02. The lowest BCUT2D eigenvalue weighted by molar-refractivity contribution is -0.137. The van der Waals surface area contributed by atoms with E-state index in [1.54, 1.807) is 6.92 Å². The summed E-state index contributed by atoms with van der Waals surface area (Å²) in [6.45, 7) is 13.5. The Morgan fingerprint density at radius 2 is 2.00 bits per heavy atom. The zero-order valence-electron chi connectivity index (χ0n) is 15.7. The van der Waals surface area contributed by atoms with Crippen LogP contribution in [0.4, 0.5) is 0 Å². The van der Waals surface area contributed by atoms with Gasteiger partial charge in [0.1, 0.15) is 17.6 Å². The number of rotatable bonds is 5. The summed E-state index contributed by atoms with van der Waals surface area (Å²) in [5.41, 5.74) is 0. The molecular weight excluding hydrogens is 324 g/mol. The van der Waals surface area contributed by atoms with Gasteiger partial charge in [0.05, 0.1) is 12.7 Å². The van der Waals surface area contributed by atoms with Gasteiger partial charge < -0.3 is 13.9 Å². The maximum absolute atomic E-state index is 12.3. The standard InChI is InChI=1S/C18H30O5Si/c1-7-21-17(20)9-12-8-13-14(15(19)10-16(13)23-12)11-22-24(5,6)18(2,3)4/h9,13-14,16H,7-8,10-11H2,1-6H3/t13-,14-,16?/m1/s1. The Morgan fingerprint density at radius 1 is 1.33 bits per heavy atom. The molecule has 0 aromatic rings. The van der Waals surface area contributed by atoms with Crippen molar-refractivity contribution >= 4 is 20.1 Å². The van der Waals surface area contributed by atoms with E-state index in [4.69, 9.17) is 13.9 Å². The van der Waals surface area contributed by atoms with Crippen molar-refractivity contribution in [3.8, 4) is 0 Å². The second-order valence-electron chi connectivity index (χ2n) is 8.24. The van der Waals surface area contributed by atoms with E-state index in [-0.39, 0.29) is 34.7 Å². The Labute approximate surface area is 145 Å². The summed E-state index contributed by atoms with van der Waals surface area (Å²) >= 11 is 0.